The fourth-order valence-corrected chi connectivity index (χ4v) is 2.83. The maximum absolute atomic E-state index is 12.1. The van der Waals surface area contributed by atoms with E-state index in [4.69, 9.17) is 0 Å². The minimum Gasteiger partial charge on any atom is -0.317 e. The Labute approximate surface area is 86.5 Å². The van der Waals surface area contributed by atoms with Gasteiger partial charge in [-0.05, 0) is 38.8 Å². The van der Waals surface area contributed by atoms with Crippen molar-refractivity contribution in [1.29, 1.82) is 0 Å². The predicted molar refractivity (Wildman–Crippen MR) is 57.2 cm³/mol. The lowest BCUT2D eigenvalue weighted by Crippen LogP contribution is -2.35. The lowest BCUT2D eigenvalue weighted by atomic mass is 9.79. The van der Waals surface area contributed by atoms with Crippen molar-refractivity contribution in [2.24, 2.45) is 11.8 Å². The first-order valence-electron chi connectivity index (χ1n) is 6.12. The number of ketones is 1. The normalized spacial score (nSPS) is 26.3. The van der Waals surface area contributed by atoms with Crippen LogP contribution in [0.25, 0.3) is 0 Å². The minimum atomic E-state index is 0.388. The zero-order valence-electron chi connectivity index (χ0n) is 8.93. The van der Waals surface area contributed by atoms with E-state index in [1.807, 2.05) is 0 Å². The average Bonchev–Trinajstić information content (AvgIpc) is 2.30. The Morgan fingerprint density at radius 3 is 2.07 bits per heavy atom. The molecule has 2 heteroatoms. The zero-order valence-corrected chi connectivity index (χ0v) is 8.93. The van der Waals surface area contributed by atoms with E-state index < -0.39 is 0 Å². The molecule has 2 nitrogen and oxygen atoms in total. The number of carbonyl (C=O) groups is 1. The molecule has 2 fully saturated rings. The summed E-state index contributed by atoms with van der Waals surface area (Å²) in [5.41, 5.74) is 0. The third-order valence-corrected chi connectivity index (χ3v) is 3.75. The van der Waals surface area contributed by atoms with E-state index in [1.165, 1.54) is 32.1 Å². The summed E-state index contributed by atoms with van der Waals surface area (Å²) in [6, 6.07) is 0. The molecular formula is C12H21NO. The summed E-state index contributed by atoms with van der Waals surface area (Å²) in [6.45, 7) is 2.09. The van der Waals surface area contributed by atoms with E-state index in [9.17, 15) is 4.79 Å². The van der Waals surface area contributed by atoms with E-state index in [-0.39, 0.29) is 0 Å². The van der Waals surface area contributed by atoms with Crippen LogP contribution in [0.3, 0.4) is 0 Å². The van der Waals surface area contributed by atoms with Crippen molar-refractivity contribution in [2.75, 3.05) is 13.1 Å². The highest BCUT2D eigenvalue weighted by atomic mass is 16.1. The van der Waals surface area contributed by atoms with Crippen LogP contribution >= 0.6 is 0 Å². The lowest BCUT2D eigenvalue weighted by Gasteiger charge is -2.27. The Balaban J connectivity index is 1.85. The number of rotatable bonds is 2. The van der Waals surface area contributed by atoms with Gasteiger partial charge in [-0.3, -0.25) is 4.79 Å². The van der Waals surface area contributed by atoms with E-state index in [2.05, 4.69) is 5.32 Å². The van der Waals surface area contributed by atoms with Gasteiger partial charge in [0.2, 0.25) is 0 Å². The van der Waals surface area contributed by atoms with E-state index >= 15 is 0 Å². The molecule has 0 bridgehead atoms. The van der Waals surface area contributed by atoms with Crippen molar-refractivity contribution in [2.45, 2.75) is 44.9 Å². The topological polar surface area (TPSA) is 29.1 Å². The van der Waals surface area contributed by atoms with Crippen LogP contribution in [0.2, 0.25) is 0 Å². The van der Waals surface area contributed by atoms with Gasteiger partial charge in [-0.1, -0.05) is 19.3 Å². The number of hydrogen-bond acceptors (Lipinski definition) is 2. The van der Waals surface area contributed by atoms with Gasteiger partial charge in [0.15, 0.2) is 0 Å². The maximum Gasteiger partial charge on any atom is 0.139 e. The summed E-state index contributed by atoms with van der Waals surface area (Å²) >= 11 is 0. The Bertz CT molecular complexity index is 170. The molecule has 2 aliphatic rings. The van der Waals surface area contributed by atoms with Crippen molar-refractivity contribution in [3.05, 3.63) is 0 Å². The van der Waals surface area contributed by atoms with Crippen molar-refractivity contribution in [1.82, 2.24) is 5.32 Å². The molecule has 2 rings (SSSR count). The van der Waals surface area contributed by atoms with Crippen molar-refractivity contribution >= 4 is 5.78 Å². The Morgan fingerprint density at radius 2 is 1.43 bits per heavy atom. The van der Waals surface area contributed by atoms with Crippen molar-refractivity contribution in [3.63, 3.8) is 0 Å². The van der Waals surface area contributed by atoms with Gasteiger partial charge in [-0.2, -0.15) is 0 Å². The van der Waals surface area contributed by atoms with Crippen LogP contribution in [0.5, 0.6) is 0 Å². The summed E-state index contributed by atoms with van der Waals surface area (Å²) in [5, 5.41) is 3.32. The molecule has 0 amide bonds. The van der Waals surface area contributed by atoms with Gasteiger partial charge in [-0.25, -0.2) is 0 Å². The third kappa shape index (κ3) is 2.35. The summed E-state index contributed by atoms with van der Waals surface area (Å²) < 4.78 is 0. The maximum atomic E-state index is 12.1. The van der Waals surface area contributed by atoms with Crippen LogP contribution in [-0.4, -0.2) is 18.9 Å². The van der Waals surface area contributed by atoms with Crippen LogP contribution < -0.4 is 5.32 Å². The Hall–Kier alpha value is -0.370. The smallest absolute Gasteiger partial charge is 0.139 e. The number of nitrogens with one attached hydrogen (secondary N) is 1. The molecule has 1 saturated carbocycles. The number of carbonyl (C=O) groups excluding carboxylic acids is 1. The highest BCUT2D eigenvalue weighted by Crippen LogP contribution is 2.29. The summed E-state index contributed by atoms with van der Waals surface area (Å²) in [6.07, 6.45) is 8.40. The molecule has 1 N–H and O–H groups in total. The molecule has 0 atom stereocenters. The molecule has 0 radical (unpaired) electrons. The summed E-state index contributed by atoms with van der Waals surface area (Å²) in [7, 11) is 0. The monoisotopic (exact) mass is 195 g/mol. The second-order valence-electron chi connectivity index (χ2n) is 4.76. The van der Waals surface area contributed by atoms with Gasteiger partial charge in [0.05, 0.1) is 0 Å². The highest BCUT2D eigenvalue weighted by Gasteiger charge is 2.28. The molecule has 0 aromatic rings. The number of piperidine rings is 1. The van der Waals surface area contributed by atoms with E-state index in [1.54, 1.807) is 0 Å². The Morgan fingerprint density at radius 1 is 0.857 bits per heavy atom. The first-order valence-corrected chi connectivity index (χ1v) is 6.12. The molecule has 0 spiro atoms. The third-order valence-electron chi connectivity index (χ3n) is 3.75. The molecule has 1 saturated heterocycles. The first kappa shape index (κ1) is 10.2. The van der Waals surface area contributed by atoms with Crippen LogP contribution in [0.4, 0.5) is 0 Å². The molecule has 1 heterocycles. The van der Waals surface area contributed by atoms with Crippen LogP contribution in [-0.2, 0) is 4.79 Å². The standard InChI is InChI=1S/C12H21NO/c14-12(10-4-2-1-3-5-10)11-6-8-13-9-7-11/h10-11,13H,1-9H2. The van der Waals surface area contributed by atoms with Crippen LogP contribution in [0.1, 0.15) is 44.9 Å². The number of Topliss-reactive ketones (excluding diaryl/α,β-unsaturated/α-hetero) is 1. The van der Waals surface area contributed by atoms with Crippen LogP contribution in [0, 0.1) is 11.8 Å². The fourth-order valence-electron chi connectivity index (χ4n) is 2.83. The minimum absolute atomic E-state index is 0.388. The molecular weight excluding hydrogens is 174 g/mol. The van der Waals surface area contributed by atoms with Crippen molar-refractivity contribution < 1.29 is 4.79 Å². The molecule has 0 aromatic carbocycles. The molecule has 1 aliphatic carbocycles. The van der Waals surface area contributed by atoms with Gasteiger partial charge in [0, 0.05) is 11.8 Å². The Kier molecular flexibility index (Phi) is 3.57. The van der Waals surface area contributed by atoms with E-state index in [0.29, 0.717) is 17.6 Å². The van der Waals surface area contributed by atoms with Gasteiger partial charge in [-0.15, -0.1) is 0 Å². The summed E-state index contributed by atoms with van der Waals surface area (Å²) in [4.78, 5) is 12.1. The van der Waals surface area contributed by atoms with Crippen LogP contribution in [0.15, 0.2) is 0 Å². The van der Waals surface area contributed by atoms with Gasteiger partial charge in [0.1, 0.15) is 5.78 Å². The average molecular weight is 195 g/mol. The van der Waals surface area contributed by atoms with E-state index in [0.717, 1.165) is 25.9 Å². The molecule has 0 aromatic heterocycles. The first-order chi connectivity index (χ1) is 6.88. The lowest BCUT2D eigenvalue weighted by molar-refractivity contribution is -0.128. The quantitative estimate of drug-likeness (QED) is 0.731. The molecule has 14 heavy (non-hydrogen) atoms. The van der Waals surface area contributed by atoms with Gasteiger partial charge < -0.3 is 5.32 Å². The number of hydrogen-bond donors (Lipinski definition) is 1. The second kappa shape index (κ2) is 4.92. The molecule has 80 valence electrons. The SMILES string of the molecule is O=C(C1CCCCC1)C1CCNCC1. The molecule has 0 unspecified atom stereocenters. The predicted octanol–water partition coefficient (Wildman–Crippen LogP) is 2.14. The van der Waals surface area contributed by atoms with Crippen molar-refractivity contribution in [3.8, 4) is 0 Å². The summed E-state index contributed by atoms with van der Waals surface area (Å²) in [5.74, 6) is 1.40. The van der Waals surface area contributed by atoms with Gasteiger partial charge in [0.25, 0.3) is 0 Å². The highest BCUT2D eigenvalue weighted by molar-refractivity contribution is 5.83. The fraction of sp³-hybridized carbons (Fsp3) is 0.917. The van der Waals surface area contributed by atoms with Gasteiger partial charge >= 0.3 is 0 Å². The largest absolute Gasteiger partial charge is 0.317 e. The zero-order chi connectivity index (χ0) is 9.80. The second-order valence-corrected chi connectivity index (χ2v) is 4.76. The molecule has 1 aliphatic heterocycles.